The molecule has 0 spiro atoms. The molecule has 0 bridgehead atoms. The van der Waals surface area contributed by atoms with Gasteiger partial charge < -0.3 is 4.74 Å². The molecule has 1 unspecified atom stereocenters. The Morgan fingerprint density at radius 2 is 1.70 bits per heavy atom. The van der Waals surface area contributed by atoms with Crippen LogP contribution in [0.4, 0.5) is 0 Å². The Bertz CT molecular complexity index is 650. The SMILES string of the molecule is CCOC(=O)C(CC(=O)c1ccc(Br)cc1)Cc1ccccc1. The number of ketones is 1. The van der Waals surface area contributed by atoms with Gasteiger partial charge in [0.25, 0.3) is 0 Å². The topological polar surface area (TPSA) is 43.4 Å². The van der Waals surface area contributed by atoms with Crippen LogP contribution < -0.4 is 0 Å². The maximum atomic E-state index is 12.4. The second-order valence-electron chi connectivity index (χ2n) is 5.27. The predicted octanol–water partition coefficient (Wildman–Crippen LogP) is 4.44. The van der Waals surface area contributed by atoms with E-state index in [1.807, 2.05) is 42.5 Å². The lowest BCUT2D eigenvalue weighted by molar-refractivity contribution is -0.147. The van der Waals surface area contributed by atoms with Crippen molar-refractivity contribution in [2.24, 2.45) is 5.92 Å². The monoisotopic (exact) mass is 374 g/mol. The van der Waals surface area contributed by atoms with Gasteiger partial charge in [-0.25, -0.2) is 0 Å². The van der Waals surface area contributed by atoms with Crippen LogP contribution >= 0.6 is 15.9 Å². The van der Waals surface area contributed by atoms with Crippen LogP contribution in [0.2, 0.25) is 0 Å². The van der Waals surface area contributed by atoms with Crippen molar-refractivity contribution in [3.05, 3.63) is 70.2 Å². The molecule has 2 aromatic rings. The van der Waals surface area contributed by atoms with Crippen LogP contribution in [0.5, 0.6) is 0 Å². The first-order chi connectivity index (χ1) is 11.1. The van der Waals surface area contributed by atoms with Crippen molar-refractivity contribution in [2.45, 2.75) is 19.8 Å². The summed E-state index contributed by atoms with van der Waals surface area (Å²) in [7, 11) is 0. The Labute approximate surface area is 144 Å². The van der Waals surface area contributed by atoms with E-state index in [4.69, 9.17) is 4.74 Å². The maximum absolute atomic E-state index is 12.4. The van der Waals surface area contributed by atoms with E-state index in [-0.39, 0.29) is 18.2 Å². The van der Waals surface area contributed by atoms with E-state index >= 15 is 0 Å². The van der Waals surface area contributed by atoms with Gasteiger partial charge in [-0.05, 0) is 31.0 Å². The lowest BCUT2D eigenvalue weighted by atomic mass is 9.92. The van der Waals surface area contributed by atoms with Gasteiger partial charge in [0.2, 0.25) is 0 Å². The first-order valence-electron chi connectivity index (χ1n) is 7.59. The fourth-order valence-electron chi connectivity index (χ4n) is 2.37. The number of rotatable bonds is 7. The Hall–Kier alpha value is -1.94. The molecule has 0 aromatic heterocycles. The number of ether oxygens (including phenoxy) is 1. The summed E-state index contributed by atoms with van der Waals surface area (Å²) >= 11 is 3.35. The van der Waals surface area contributed by atoms with Crippen molar-refractivity contribution < 1.29 is 14.3 Å². The van der Waals surface area contributed by atoms with Gasteiger partial charge >= 0.3 is 5.97 Å². The van der Waals surface area contributed by atoms with Crippen LogP contribution in [-0.4, -0.2) is 18.4 Å². The predicted molar refractivity (Wildman–Crippen MR) is 93.4 cm³/mol. The molecule has 1 atom stereocenters. The van der Waals surface area contributed by atoms with Crippen molar-refractivity contribution in [1.29, 1.82) is 0 Å². The van der Waals surface area contributed by atoms with Crippen LogP contribution in [-0.2, 0) is 16.0 Å². The molecule has 2 aromatic carbocycles. The summed E-state index contributed by atoms with van der Waals surface area (Å²) in [6.07, 6.45) is 0.650. The smallest absolute Gasteiger partial charge is 0.309 e. The van der Waals surface area contributed by atoms with Crippen molar-refractivity contribution in [3.8, 4) is 0 Å². The first-order valence-corrected chi connectivity index (χ1v) is 8.38. The van der Waals surface area contributed by atoms with Gasteiger partial charge in [-0.1, -0.05) is 58.4 Å². The van der Waals surface area contributed by atoms with E-state index in [9.17, 15) is 9.59 Å². The molecule has 23 heavy (non-hydrogen) atoms. The summed E-state index contributed by atoms with van der Waals surface area (Å²) in [5, 5.41) is 0. The number of benzene rings is 2. The normalized spacial score (nSPS) is 11.7. The minimum atomic E-state index is -0.464. The molecule has 0 aliphatic carbocycles. The third-order valence-electron chi connectivity index (χ3n) is 3.54. The van der Waals surface area contributed by atoms with Crippen LogP contribution in [0.25, 0.3) is 0 Å². The Morgan fingerprint density at radius 1 is 1.04 bits per heavy atom. The number of carbonyl (C=O) groups excluding carboxylic acids is 2. The Kier molecular flexibility index (Phi) is 6.53. The summed E-state index contributed by atoms with van der Waals surface area (Å²) in [5.41, 5.74) is 1.63. The molecule has 120 valence electrons. The summed E-state index contributed by atoms with van der Waals surface area (Å²) in [6.45, 7) is 2.09. The van der Waals surface area contributed by atoms with Gasteiger partial charge in [0, 0.05) is 16.5 Å². The highest BCUT2D eigenvalue weighted by Gasteiger charge is 2.24. The van der Waals surface area contributed by atoms with Crippen molar-refractivity contribution >= 4 is 27.7 Å². The molecule has 0 amide bonds. The Balaban J connectivity index is 2.11. The quantitative estimate of drug-likeness (QED) is 0.531. The number of esters is 1. The van der Waals surface area contributed by atoms with Crippen LogP contribution in [0, 0.1) is 5.92 Å². The molecule has 3 nitrogen and oxygen atoms in total. The number of hydrogen-bond acceptors (Lipinski definition) is 3. The zero-order valence-electron chi connectivity index (χ0n) is 13.0. The molecule has 0 fully saturated rings. The van der Waals surface area contributed by atoms with Gasteiger partial charge in [-0.2, -0.15) is 0 Å². The first kappa shape index (κ1) is 17.4. The van der Waals surface area contributed by atoms with Gasteiger partial charge in [0.1, 0.15) is 0 Å². The fraction of sp³-hybridized carbons (Fsp3) is 0.263. The average molecular weight is 375 g/mol. The molecule has 2 rings (SSSR count). The largest absolute Gasteiger partial charge is 0.466 e. The fourth-order valence-corrected chi connectivity index (χ4v) is 2.64. The molecular formula is C19H19BrO3. The summed E-state index contributed by atoms with van der Waals surface area (Å²) in [4.78, 5) is 24.6. The molecule has 0 heterocycles. The van der Waals surface area contributed by atoms with Crippen molar-refractivity contribution in [3.63, 3.8) is 0 Å². The number of Topliss-reactive ketones (excluding diaryl/α,β-unsaturated/α-hetero) is 1. The van der Waals surface area contributed by atoms with E-state index in [2.05, 4.69) is 15.9 Å². The van der Waals surface area contributed by atoms with Gasteiger partial charge in [-0.3, -0.25) is 9.59 Å². The molecule has 0 radical (unpaired) electrons. The van der Waals surface area contributed by atoms with Crippen LogP contribution in [0.3, 0.4) is 0 Å². The lowest BCUT2D eigenvalue weighted by Crippen LogP contribution is -2.23. The molecule has 0 saturated carbocycles. The number of halogens is 1. The number of carbonyl (C=O) groups is 2. The van der Waals surface area contributed by atoms with Gasteiger partial charge in [0.05, 0.1) is 12.5 Å². The second-order valence-corrected chi connectivity index (χ2v) is 6.19. The molecule has 0 N–H and O–H groups in total. The summed E-state index contributed by atoms with van der Waals surface area (Å²) in [5.74, 6) is -0.832. The van der Waals surface area contributed by atoms with Crippen LogP contribution in [0.1, 0.15) is 29.3 Å². The molecule has 0 aliphatic rings. The summed E-state index contributed by atoms with van der Waals surface area (Å²) < 4.78 is 6.05. The van der Waals surface area contributed by atoms with Gasteiger partial charge in [-0.15, -0.1) is 0 Å². The van der Waals surface area contributed by atoms with E-state index in [0.29, 0.717) is 18.6 Å². The van der Waals surface area contributed by atoms with E-state index in [1.165, 1.54) is 0 Å². The van der Waals surface area contributed by atoms with E-state index < -0.39 is 5.92 Å². The zero-order valence-corrected chi connectivity index (χ0v) is 14.6. The average Bonchev–Trinajstić information content (AvgIpc) is 2.56. The minimum Gasteiger partial charge on any atom is -0.466 e. The third-order valence-corrected chi connectivity index (χ3v) is 4.07. The minimum absolute atomic E-state index is 0.0496. The standard InChI is InChI=1S/C19H19BrO3/c1-2-23-19(22)16(12-14-6-4-3-5-7-14)13-18(21)15-8-10-17(20)11-9-15/h3-11,16H,2,12-13H2,1H3. The second kappa shape index (κ2) is 8.63. The zero-order chi connectivity index (χ0) is 16.7. The van der Waals surface area contributed by atoms with E-state index in [0.717, 1.165) is 10.0 Å². The molecule has 0 aliphatic heterocycles. The third kappa shape index (κ3) is 5.32. The molecule has 0 saturated heterocycles. The lowest BCUT2D eigenvalue weighted by Gasteiger charge is -2.15. The summed E-state index contributed by atoms with van der Waals surface area (Å²) in [6, 6.07) is 16.9. The van der Waals surface area contributed by atoms with Gasteiger partial charge in [0.15, 0.2) is 5.78 Å². The highest BCUT2D eigenvalue weighted by atomic mass is 79.9. The molecule has 4 heteroatoms. The number of hydrogen-bond donors (Lipinski definition) is 0. The molecular weight excluding hydrogens is 356 g/mol. The highest BCUT2D eigenvalue weighted by Crippen LogP contribution is 2.19. The maximum Gasteiger partial charge on any atom is 0.309 e. The van der Waals surface area contributed by atoms with Crippen molar-refractivity contribution in [2.75, 3.05) is 6.61 Å². The van der Waals surface area contributed by atoms with Crippen molar-refractivity contribution in [1.82, 2.24) is 0 Å². The van der Waals surface area contributed by atoms with Crippen LogP contribution in [0.15, 0.2) is 59.1 Å². The Morgan fingerprint density at radius 3 is 2.30 bits per heavy atom. The van der Waals surface area contributed by atoms with E-state index in [1.54, 1.807) is 19.1 Å². The highest BCUT2D eigenvalue weighted by molar-refractivity contribution is 9.10.